The molecule has 0 atom stereocenters. The number of rotatable bonds is 0. The van der Waals surface area contributed by atoms with E-state index in [0.29, 0.717) is 6.04 Å². The van der Waals surface area contributed by atoms with Gasteiger partial charge in [-0.05, 0) is 12.1 Å². The van der Waals surface area contributed by atoms with E-state index in [2.05, 4.69) is 4.98 Å². The van der Waals surface area contributed by atoms with E-state index in [1.54, 1.807) is 11.6 Å². The monoisotopic (exact) mass is 136 g/mol. The van der Waals surface area contributed by atoms with Crippen LogP contribution >= 0.6 is 11.3 Å². The summed E-state index contributed by atoms with van der Waals surface area (Å²) in [5.41, 5.74) is 2.69. The first-order chi connectivity index (χ1) is 4.88. The zero-order chi connectivity index (χ0) is 6.97. The van der Waals surface area contributed by atoms with Crippen molar-refractivity contribution in [3.63, 3.8) is 0 Å². The van der Waals surface area contributed by atoms with E-state index in [-0.39, 0.29) is 0 Å². The fraction of sp³-hybridized carbons (Fsp3) is 0. The third-order valence-electron chi connectivity index (χ3n) is 1.16. The van der Waals surface area contributed by atoms with Crippen molar-refractivity contribution >= 4 is 21.6 Å². The fourth-order valence-electron chi connectivity index (χ4n) is 0.745. The number of hydrogen-bond donors (Lipinski definition) is 0. The molecule has 0 saturated carbocycles. The van der Waals surface area contributed by atoms with Gasteiger partial charge in [-0.1, -0.05) is 12.1 Å². The van der Waals surface area contributed by atoms with Crippen LogP contribution in [0.15, 0.2) is 29.8 Å². The number of para-hydroxylation sites is 1. The van der Waals surface area contributed by atoms with Crippen molar-refractivity contribution in [2.45, 2.75) is 0 Å². The molecule has 0 aliphatic rings. The highest BCUT2D eigenvalue weighted by atomic mass is 32.1. The molecule has 9 heavy (non-hydrogen) atoms. The fourth-order valence-corrected chi connectivity index (χ4v) is 1.39. The van der Waals surface area contributed by atoms with Crippen LogP contribution in [0.5, 0.6) is 0 Å². The van der Waals surface area contributed by atoms with Gasteiger partial charge in [0.2, 0.25) is 0 Å². The molecule has 44 valence electrons. The van der Waals surface area contributed by atoms with Crippen molar-refractivity contribution in [1.29, 1.82) is 0 Å². The minimum Gasteiger partial charge on any atom is -0.245 e. The highest BCUT2D eigenvalue weighted by molar-refractivity contribution is 7.16. The van der Waals surface area contributed by atoms with Gasteiger partial charge in [0.15, 0.2) is 0 Å². The molecule has 0 saturated heterocycles. The van der Waals surface area contributed by atoms with E-state index in [1.807, 2.05) is 12.1 Å². The molecule has 0 N–H and O–H groups in total. The number of hydrogen-bond acceptors (Lipinski definition) is 2. The standard InChI is InChI=1S/C7H5NS/c1-2-4-7-6(3-1)8-5-9-7/h1-5H/i4D. The molecular weight excluding hydrogens is 130 g/mol. The molecule has 1 nitrogen and oxygen atoms in total. The van der Waals surface area contributed by atoms with E-state index in [1.165, 1.54) is 11.3 Å². The van der Waals surface area contributed by atoms with E-state index in [9.17, 15) is 0 Å². The van der Waals surface area contributed by atoms with Crippen molar-refractivity contribution in [2.75, 3.05) is 0 Å². The minimum absolute atomic E-state index is 0.569. The molecule has 0 unspecified atom stereocenters. The first kappa shape index (κ1) is 4.01. The molecule has 0 fully saturated rings. The van der Waals surface area contributed by atoms with Gasteiger partial charge in [-0.2, -0.15) is 0 Å². The number of nitrogens with zero attached hydrogens (tertiary/aromatic N) is 1. The van der Waals surface area contributed by atoms with Gasteiger partial charge < -0.3 is 0 Å². The summed E-state index contributed by atoms with van der Waals surface area (Å²) in [6.07, 6.45) is 0. The van der Waals surface area contributed by atoms with Gasteiger partial charge in [-0.15, -0.1) is 11.3 Å². The first-order valence-corrected chi connectivity index (χ1v) is 3.55. The summed E-state index contributed by atoms with van der Waals surface area (Å²) in [7, 11) is 0. The van der Waals surface area contributed by atoms with Gasteiger partial charge in [0.05, 0.1) is 17.1 Å². The molecule has 0 bridgehead atoms. The Balaban J connectivity index is 2.95. The molecule has 0 radical (unpaired) electrons. The van der Waals surface area contributed by atoms with Gasteiger partial charge in [0.25, 0.3) is 0 Å². The summed E-state index contributed by atoms with van der Waals surface area (Å²) >= 11 is 1.52. The lowest BCUT2D eigenvalue weighted by Crippen LogP contribution is -1.61. The highest BCUT2D eigenvalue weighted by Gasteiger charge is 1.89. The van der Waals surface area contributed by atoms with Crippen molar-refractivity contribution in [3.05, 3.63) is 29.8 Å². The van der Waals surface area contributed by atoms with Crippen LogP contribution in [0.25, 0.3) is 10.2 Å². The Hall–Kier alpha value is -0.890. The molecule has 0 aliphatic carbocycles. The second kappa shape index (κ2) is 1.81. The number of aromatic nitrogens is 1. The Morgan fingerprint density at radius 3 is 3.44 bits per heavy atom. The predicted molar refractivity (Wildman–Crippen MR) is 39.6 cm³/mol. The van der Waals surface area contributed by atoms with Crippen LogP contribution in [-0.4, -0.2) is 4.98 Å². The summed E-state index contributed by atoms with van der Waals surface area (Å²) in [5, 5.41) is 0. The molecule has 2 rings (SSSR count). The van der Waals surface area contributed by atoms with Gasteiger partial charge in [0.1, 0.15) is 0 Å². The van der Waals surface area contributed by atoms with E-state index in [0.717, 1.165) is 10.2 Å². The predicted octanol–water partition coefficient (Wildman–Crippen LogP) is 2.30. The van der Waals surface area contributed by atoms with Crippen LogP contribution in [0.4, 0.5) is 0 Å². The smallest absolute Gasteiger partial charge is 0.0812 e. The lowest BCUT2D eigenvalue weighted by molar-refractivity contribution is 1.50. The lowest BCUT2D eigenvalue weighted by atomic mass is 10.3. The van der Waals surface area contributed by atoms with Crippen LogP contribution in [-0.2, 0) is 0 Å². The lowest BCUT2D eigenvalue weighted by Gasteiger charge is -1.80. The van der Waals surface area contributed by atoms with Crippen LogP contribution in [0.1, 0.15) is 1.37 Å². The van der Waals surface area contributed by atoms with Crippen LogP contribution in [0.2, 0.25) is 0 Å². The quantitative estimate of drug-likeness (QED) is 0.541. The van der Waals surface area contributed by atoms with E-state index in [4.69, 9.17) is 1.37 Å². The number of fused-ring (bicyclic) bond motifs is 1. The first-order valence-electron chi connectivity index (χ1n) is 3.17. The summed E-state index contributed by atoms with van der Waals surface area (Å²) in [5.74, 6) is 0. The zero-order valence-corrected chi connectivity index (χ0v) is 5.48. The van der Waals surface area contributed by atoms with Gasteiger partial charge >= 0.3 is 0 Å². The molecule has 2 aromatic rings. The summed E-state index contributed by atoms with van der Waals surface area (Å²) < 4.78 is 8.43. The van der Waals surface area contributed by atoms with E-state index < -0.39 is 0 Å². The molecule has 1 aromatic carbocycles. The van der Waals surface area contributed by atoms with Crippen LogP contribution < -0.4 is 0 Å². The molecular formula is C7H5NS. The maximum absolute atomic E-state index is 7.45. The number of thiazole rings is 1. The SMILES string of the molecule is [2H]c1cccc2ncsc12. The maximum Gasteiger partial charge on any atom is 0.0812 e. The Morgan fingerprint density at radius 1 is 1.56 bits per heavy atom. The van der Waals surface area contributed by atoms with Crippen molar-refractivity contribution in [1.82, 2.24) is 4.98 Å². The molecule has 2 heteroatoms. The summed E-state index contributed by atoms with van der Waals surface area (Å²) in [6, 6.07) is 6.12. The van der Waals surface area contributed by atoms with Crippen LogP contribution in [0, 0.1) is 0 Å². The average Bonchev–Trinajstić information content (AvgIpc) is 2.36. The Bertz CT molecular complexity index is 355. The van der Waals surface area contributed by atoms with Crippen LogP contribution in [0.3, 0.4) is 0 Å². The summed E-state index contributed by atoms with van der Waals surface area (Å²) in [4.78, 5) is 4.08. The minimum atomic E-state index is 0.569. The van der Waals surface area contributed by atoms with Gasteiger partial charge in [0, 0.05) is 0 Å². The van der Waals surface area contributed by atoms with Crippen molar-refractivity contribution in [3.8, 4) is 0 Å². The largest absolute Gasteiger partial charge is 0.245 e. The normalized spacial score (nSPS) is 11.8. The Morgan fingerprint density at radius 2 is 2.56 bits per heavy atom. The van der Waals surface area contributed by atoms with Crippen molar-refractivity contribution < 1.29 is 1.37 Å². The number of benzene rings is 1. The molecule has 1 aromatic heterocycles. The molecule has 0 amide bonds. The second-order valence-electron chi connectivity index (χ2n) is 1.74. The van der Waals surface area contributed by atoms with E-state index >= 15 is 0 Å². The third-order valence-corrected chi connectivity index (χ3v) is 1.93. The van der Waals surface area contributed by atoms with Gasteiger partial charge in [-0.3, -0.25) is 0 Å². The third kappa shape index (κ3) is 0.715. The van der Waals surface area contributed by atoms with Crippen molar-refractivity contribution in [2.24, 2.45) is 0 Å². The van der Waals surface area contributed by atoms with Gasteiger partial charge in [-0.25, -0.2) is 4.98 Å². The Kier molecular flexibility index (Phi) is 0.807. The highest BCUT2D eigenvalue weighted by Crippen LogP contribution is 2.15. The second-order valence-corrected chi connectivity index (χ2v) is 2.59. The average molecular weight is 136 g/mol. The molecule has 0 aliphatic heterocycles. The Labute approximate surface area is 58.4 Å². The zero-order valence-electron chi connectivity index (χ0n) is 5.66. The molecule has 1 heterocycles. The topological polar surface area (TPSA) is 12.9 Å². The molecule has 0 spiro atoms. The summed E-state index contributed by atoms with van der Waals surface area (Å²) in [6.45, 7) is 0. The maximum atomic E-state index is 7.45.